The molecule has 6 nitrogen and oxygen atoms in total. The zero-order valence-corrected chi connectivity index (χ0v) is 21.9. The highest BCUT2D eigenvalue weighted by Crippen LogP contribution is 2.35. The molecule has 1 amide bonds. The Hall–Kier alpha value is -3.56. The van der Waals surface area contributed by atoms with E-state index in [-0.39, 0.29) is 11.9 Å². The first-order chi connectivity index (χ1) is 18.1. The number of carbonyl (C=O) groups excluding carboxylic acids is 1. The van der Waals surface area contributed by atoms with Crippen molar-refractivity contribution in [1.82, 2.24) is 20.2 Å². The van der Waals surface area contributed by atoms with E-state index in [0.29, 0.717) is 5.69 Å². The van der Waals surface area contributed by atoms with Crippen molar-refractivity contribution in [2.45, 2.75) is 69.9 Å². The average molecular weight is 496 g/mol. The van der Waals surface area contributed by atoms with Gasteiger partial charge < -0.3 is 5.32 Å². The van der Waals surface area contributed by atoms with Crippen LogP contribution in [0.4, 0.5) is 0 Å². The highest BCUT2D eigenvalue weighted by molar-refractivity contribution is 5.96. The minimum Gasteiger partial charge on any atom is -0.348 e. The number of aromatic nitrogens is 2. The van der Waals surface area contributed by atoms with Gasteiger partial charge in [0.2, 0.25) is 0 Å². The van der Waals surface area contributed by atoms with Crippen LogP contribution in [0, 0.1) is 18.3 Å². The number of piperidine rings is 1. The number of benzene rings is 1. The van der Waals surface area contributed by atoms with Gasteiger partial charge in [-0.1, -0.05) is 37.5 Å². The number of nitrogens with zero attached hydrogens (tertiary/aromatic N) is 4. The zero-order valence-electron chi connectivity index (χ0n) is 21.9. The minimum absolute atomic E-state index is 0.0726. The molecule has 0 spiro atoms. The molecule has 6 heteroatoms. The summed E-state index contributed by atoms with van der Waals surface area (Å²) < 4.78 is 0. The van der Waals surface area contributed by atoms with Crippen LogP contribution in [0.25, 0.3) is 10.9 Å². The van der Waals surface area contributed by atoms with Gasteiger partial charge in [0.25, 0.3) is 5.91 Å². The quantitative estimate of drug-likeness (QED) is 0.448. The van der Waals surface area contributed by atoms with E-state index < -0.39 is 5.41 Å². The van der Waals surface area contributed by atoms with E-state index in [1.807, 2.05) is 43.3 Å². The van der Waals surface area contributed by atoms with Crippen LogP contribution in [0.15, 0.2) is 61.8 Å². The largest absolute Gasteiger partial charge is 0.348 e. The fourth-order valence-electron chi connectivity index (χ4n) is 5.56. The molecule has 37 heavy (non-hydrogen) atoms. The summed E-state index contributed by atoms with van der Waals surface area (Å²) in [5.41, 5.74) is 3.95. The Bertz CT molecular complexity index is 1270. The summed E-state index contributed by atoms with van der Waals surface area (Å²) in [6, 6.07) is 16.9. The number of hydrogen-bond donors (Lipinski definition) is 1. The molecule has 2 fully saturated rings. The number of nitrogens with one attached hydrogen (secondary N) is 1. The molecule has 0 bridgehead atoms. The van der Waals surface area contributed by atoms with Crippen LogP contribution in [0.5, 0.6) is 0 Å². The number of rotatable bonds is 5. The van der Waals surface area contributed by atoms with E-state index in [1.165, 1.54) is 19.3 Å². The average Bonchev–Trinajstić information content (AvgIpc) is 2.95. The van der Waals surface area contributed by atoms with E-state index in [4.69, 9.17) is 4.98 Å². The van der Waals surface area contributed by atoms with Crippen molar-refractivity contribution < 1.29 is 4.79 Å². The van der Waals surface area contributed by atoms with Crippen molar-refractivity contribution in [2.75, 3.05) is 13.1 Å². The Kier molecular flexibility index (Phi) is 8.68. The Morgan fingerprint density at radius 1 is 1.14 bits per heavy atom. The molecule has 192 valence electrons. The van der Waals surface area contributed by atoms with Crippen molar-refractivity contribution in [2.24, 2.45) is 0 Å². The number of hydrogen-bond acceptors (Lipinski definition) is 5. The van der Waals surface area contributed by atoms with Crippen molar-refractivity contribution in [1.29, 1.82) is 5.26 Å². The molecule has 2 aliphatic rings. The van der Waals surface area contributed by atoms with Gasteiger partial charge in [0.15, 0.2) is 0 Å². The fourth-order valence-corrected chi connectivity index (χ4v) is 5.56. The predicted octanol–water partition coefficient (Wildman–Crippen LogP) is 5.86. The Balaban J connectivity index is 0.00000156. The number of pyridine rings is 2. The van der Waals surface area contributed by atoms with Crippen LogP contribution in [0.1, 0.15) is 72.3 Å². The second kappa shape index (κ2) is 12.1. The number of amides is 1. The van der Waals surface area contributed by atoms with E-state index in [2.05, 4.69) is 40.5 Å². The van der Waals surface area contributed by atoms with Gasteiger partial charge in [-0.3, -0.25) is 14.7 Å². The lowest BCUT2D eigenvalue weighted by Gasteiger charge is -2.37. The van der Waals surface area contributed by atoms with Crippen molar-refractivity contribution in [3.05, 3.63) is 84.3 Å². The van der Waals surface area contributed by atoms with Gasteiger partial charge >= 0.3 is 0 Å². The first kappa shape index (κ1) is 26.5. The number of fused-ring (bicyclic) bond motifs is 1. The molecular weight excluding hydrogens is 458 g/mol. The predicted molar refractivity (Wildman–Crippen MR) is 148 cm³/mol. The summed E-state index contributed by atoms with van der Waals surface area (Å²) in [6.45, 7) is 10.4. The third kappa shape index (κ3) is 6.06. The molecule has 2 aromatic heterocycles. The highest BCUT2D eigenvalue weighted by Gasteiger charge is 2.38. The number of aryl methyl sites for hydroxylation is 1. The molecular formula is C31H37N5O. The second-order valence-corrected chi connectivity index (χ2v) is 10.2. The number of carbonyl (C=O) groups is 1. The lowest BCUT2D eigenvalue weighted by atomic mass is 9.76. The van der Waals surface area contributed by atoms with Crippen molar-refractivity contribution in [3.8, 4) is 6.07 Å². The summed E-state index contributed by atoms with van der Waals surface area (Å²) >= 11 is 0. The van der Waals surface area contributed by atoms with Crippen LogP contribution in [-0.2, 0) is 12.0 Å². The molecule has 3 aromatic rings. The number of nitriles is 1. The summed E-state index contributed by atoms with van der Waals surface area (Å²) in [5, 5.41) is 14.4. The lowest BCUT2D eigenvalue weighted by Crippen LogP contribution is -2.42. The SMILES string of the molecule is C=C.Cc1ccnc(C2(C#N)CCN(Cc3cc(C(=O)NC4CCCCC4)nc4ccccc34)CC2)c1. The topological polar surface area (TPSA) is 81.9 Å². The molecule has 0 unspecified atom stereocenters. The van der Waals surface area contributed by atoms with Gasteiger partial charge in [-0.15, -0.1) is 13.2 Å². The lowest BCUT2D eigenvalue weighted by molar-refractivity contribution is 0.0922. The molecule has 1 aromatic carbocycles. The van der Waals surface area contributed by atoms with Gasteiger partial charge in [-0.25, -0.2) is 4.98 Å². The summed E-state index contributed by atoms with van der Waals surface area (Å²) in [7, 11) is 0. The maximum Gasteiger partial charge on any atom is 0.270 e. The number of para-hydroxylation sites is 1. The molecule has 1 N–H and O–H groups in total. The van der Waals surface area contributed by atoms with Crippen LogP contribution >= 0.6 is 0 Å². The zero-order chi connectivity index (χ0) is 26.3. The molecule has 1 saturated carbocycles. The minimum atomic E-state index is -0.534. The summed E-state index contributed by atoms with van der Waals surface area (Å²) in [5.74, 6) is -0.0726. The first-order valence-electron chi connectivity index (χ1n) is 13.3. The second-order valence-electron chi connectivity index (χ2n) is 10.2. The van der Waals surface area contributed by atoms with Gasteiger partial charge in [0.1, 0.15) is 11.1 Å². The highest BCUT2D eigenvalue weighted by atomic mass is 16.1. The van der Waals surface area contributed by atoms with E-state index in [9.17, 15) is 10.1 Å². The maximum atomic E-state index is 13.1. The first-order valence-corrected chi connectivity index (χ1v) is 13.3. The Morgan fingerprint density at radius 3 is 2.57 bits per heavy atom. The molecule has 3 heterocycles. The molecule has 1 aliphatic heterocycles. The van der Waals surface area contributed by atoms with E-state index >= 15 is 0 Å². The smallest absolute Gasteiger partial charge is 0.270 e. The molecule has 1 aliphatic carbocycles. The molecule has 0 radical (unpaired) electrons. The van der Waals surface area contributed by atoms with Crippen LogP contribution < -0.4 is 5.32 Å². The summed E-state index contributed by atoms with van der Waals surface area (Å²) in [6.07, 6.45) is 9.02. The standard InChI is InChI=1S/C29H33N5O.C2H4/c1-21-11-14-31-27(17-21)29(20-30)12-15-34(16-13-29)19-22-18-26(33-25-10-6-5-9-24(22)25)28(35)32-23-7-3-2-4-8-23;1-2/h5-6,9-11,14,17-18,23H,2-4,7-8,12-13,15-16,19H2,1H3,(H,32,35);1-2H2. The fraction of sp³-hybridized carbons (Fsp3) is 0.419. The van der Waals surface area contributed by atoms with Gasteiger partial charge in [-0.05, 0) is 68.0 Å². The molecule has 5 rings (SSSR count). The van der Waals surface area contributed by atoms with Crippen LogP contribution in [0.3, 0.4) is 0 Å². The van der Waals surface area contributed by atoms with Gasteiger partial charge in [0, 0.05) is 37.3 Å². The molecule has 0 atom stereocenters. The molecule has 1 saturated heterocycles. The Labute approximate surface area is 220 Å². The van der Waals surface area contributed by atoms with E-state index in [1.54, 1.807) is 6.20 Å². The summed E-state index contributed by atoms with van der Waals surface area (Å²) in [4.78, 5) is 24.7. The van der Waals surface area contributed by atoms with Crippen molar-refractivity contribution >= 4 is 16.8 Å². The van der Waals surface area contributed by atoms with Crippen molar-refractivity contribution in [3.63, 3.8) is 0 Å². The third-order valence-corrected chi connectivity index (χ3v) is 7.70. The number of likely N-dealkylation sites (tertiary alicyclic amines) is 1. The third-order valence-electron chi connectivity index (χ3n) is 7.70. The Morgan fingerprint density at radius 2 is 1.86 bits per heavy atom. The normalized spacial score (nSPS) is 17.8. The van der Waals surface area contributed by atoms with Gasteiger partial charge in [-0.2, -0.15) is 5.26 Å². The maximum absolute atomic E-state index is 13.1. The van der Waals surface area contributed by atoms with Gasteiger partial charge in [0.05, 0.1) is 17.3 Å². The monoisotopic (exact) mass is 495 g/mol. The van der Waals surface area contributed by atoms with Crippen LogP contribution in [-0.4, -0.2) is 39.9 Å². The van der Waals surface area contributed by atoms with Crippen LogP contribution in [0.2, 0.25) is 0 Å². The van der Waals surface area contributed by atoms with E-state index in [0.717, 1.165) is 73.0 Å².